The third kappa shape index (κ3) is 3.04. The highest BCUT2D eigenvalue weighted by Gasteiger charge is 2.20. The normalized spacial score (nSPS) is 12.3. The molecule has 1 aromatic heterocycles. The quantitative estimate of drug-likeness (QED) is 0.565. The van der Waals surface area contributed by atoms with Crippen LogP contribution in [-0.2, 0) is 4.74 Å². The Morgan fingerprint density at radius 1 is 0.952 bits per heavy atom. The smallest absolute Gasteiger partial charge is 0.147 e. The molecule has 106 valence electrons. The van der Waals surface area contributed by atoms with Crippen LogP contribution in [0.5, 0.6) is 0 Å². The Labute approximate surface area is 137 Å². The van der Waals surface area contributed by atoms with Gasteiger partial charge in [0, 0.05) is 12.7 Å². The van der Waals surface area contributed by atoms with E-state index in [2.05, 4.69) is 34.7 Å². The second-order valence-corrected chi connectivity index (χ2v) is 5.88. The topological polar surface area (TPSA) is 22.4 Å². The summed E-state index contributed by atoms with van der Waals surface area (Å²) in [5.74, 6) is 1.72. The minimum Gasteiger partial charge on any atom is -0.457 e. The predicted molar refractivity (Wildman–Crippen MR) is 92.2 cm³/mol. The molecule has 3 aromatic rings. The summed E-state index contributed by atoms with van der Waals surface area (Å²) in [6.45, 7) is 0. The first kappa shape index (κ1) is 14.4. The zero-order valence-electron chi connectivity index (χ0n) is 11.6. The monoisotopic (exact) mass is 390 g/mol. The fourth-order valence-corrected chi connectivity index (χ4v) is 3.07. The molecule has 1 heterocycles. The van der Waals surface area contributed by atoms with E-state index in [9.17, 15) is 0 Å². The second kappa shape index (κ2) is 6.45. The van der Waals surface area contributed by atoms with Gasteiger partial charge in [0.05, 0.1) is 3.57 Å². The van der Waals surface area contributed by atoms with Crippen molar-refractivity contribution in [1.29, 1.82) is 0 Å². The highest BCUT2D eigenvalue weighted by molar-refractivity contribution is 14.1. The van der Waals surface area contributed by atoms with E-state index in [1.165, 1.54) is 0 Å². The predicted octanol–water partition coefficient (Wildman–Crippen LogP) is 5.29. The lowest BCUT2D eigenvalue weighted by Gasteiger charge is -2.12. The van der Waals surface area contributed by atoms with Gasteiger partial charge in [-0.3, -0.25) is 0 Å². The van der Waals surface area contributed by atoms with Crippen LogP contribution < -0.4 is 0 Å². The van der Waals surface area contributed by atoms with Gasteiger partial charge in [0.1, 0.15) is 17.6 Å². The van der Waals surface area contributed by atoms with Crippen molar-refractivity contribution in [3.63, 3.8) is 0 Å². The Morgan fingerprint density at radius 3 is 2.19 bits per heavy atom. The largest absolute Gasteiger partial charge is 0.457 e. The minimum atomic E-state index is -0.183. The zero-order chi connectivity index (χ0) is 14.7. The van der Waals surface area contributed by atoms with Gasteiger partial charge in [-0.2, -0.15) is 0 Å². The number of benzene rings is 2. The molecule has 0 saturated heterocycles. The van der Waals surface area contributed by atoms with Crippen molar-refractivity contribution in [2.75, 3.05) is 7.11 Å². The average molecular weight is 390 g/mol. The highest BCUT2D eigenvalue weighted by atomic mass is 127. The number of rotatable bonds is 4. The highest BCUT2D eigenvalue weighted by Crippen LogP contribution is 2.34. The van der Waals surface area contributed by atoms with Crippen molar-refractivity contribution < 1.29 is 9.15 Å². The molecular formula is C18H15IO2. The third-order valence-electron chi connectivity index (χ3n) is 3.34. The molecule has 2 aromatic carbocycles. The first-order valence-electron chi connectivity index (χ1n) is 6.72. The van der Waals surface area contributed by atoms with Crippen LogP contribution in [0, 0.1) is 3.57 Å². The minimum absolute atomic E-state index is 0.183. The van der Waals surface area contributed by atoms with Crippen LogP contribution in [0.1, 0.15) is 17.4 Å². The molecule has 0 spiro atoms. The summed E-state index contributed by atoms with van der Waals surface area (Å²) in [5.41, 5.74) is 2.17. The van der Waals surface area contributed by atoms with Crippen LogP contribution in [0.2, 0.25) is 0 Å². The molecule has 1 unspecified atom stereocenters. The van der Waals surface area contributed by atoms with Crippen LogP contribution in [0.4, 0.5) is 0 Å². The maximum Gasteiger partial charge on any atom is 0.147 e. The van der Waals surface area contributed by atoms with Gasteiger partial charge < -0.3 is 9.15 Å². The molecule has 1 atom stereocenters. The van der Waals surface area contributed by atoms with Gasteiger partial charge in [-0.05, 0) is 34.2 Å². The van der Waals surface area contributed by atoms with Crippen LogP contribution in [-0.4, -0.2) is 7.11 Å². The van der Waals surface area contributed by atoms with E-state index in [0.717, 1.165) is 26.2 Å². The summed E-state index contributed by atoms with van der Waals surface area (Å²) < 4.78 is 12.8. The summed E-state index contributed by atoms with van der Waals surface area (Å²) >= 11 is 2.30. The second-order valence-electron chi connectivity index (χ2n) is 4.72. The Morgan fingerprint density at radius 2 is 1.57 bits per heavy atom. The molecule has 3 rings (SSSR count). The van der Waals surface area contributed by atoms with Gasteiger partial charge in [0.15, 0.2) is 0 Å². The van der Waals surface area contributed by atoms with Gasteiger partial charge in [-0.1, -0.05) is 60.7 Å². The van der Waals surface area contributed by atoms with Crippen LogP contribution in [0.25, 0.3) is 11.3 Å². The Bertz CT molecular complexity index is 705. The fourth-order valence-electron chi connectivity index (χ4n) is 2.35. The van der Waals surface area contributed by atoms with Crippen LogP contribution in [0.3, 0.4) is 0 Å². The maximum atomic E-state index is 6.08. The van der Waals surface area contributed by atoms with E-state index in [0.29, 0.717) is 0 Å². The van der Waals surface area contributed by atoms with Crippen molar-refractivity contribution in [2.24, 2.45) is 0 Å². The molecule has 21 heavy (non-hydrogen) atoms. The van der Waals surface area contributed by atoms with E-state index in [4.69, 9.17) is 9.15 Å². The molecular weight excluding hydrogens is 375 g/mol. The molecule has 0 saturated carbocycles. The van der Waals surface area contributed by atoms with Gasteiger partial charge >= 0.3 is 0 Å². The average Bonchev–Trinajstić information content (AvgIpc) is 2.92. The van der Waals surface area contributed by atoms with E-state index in [1.807, 2.05) is 54.6 Å². The molecule has 0 amide bonds. The van der Waals surface area contributed by atoms with Gasteiger partial charge in [0.2, 0.25) is 0 Å². The number of methoxy groups -OCH3 is 1. The standard InChI is InChI=1S/C18H15IO2/c1-20-18(14-10-6-3-7-11-14)16-12-15(19)17(21-16)13-8-4-2-5-9-13/h2-12,18H,1H3. The van der Waals surface area contributed by atoms with Crippen molar-refractivity contribution in [2.45, 2.75) is 6.10 Å². The van der Waals surface area contributed by atoms with E-state index in [1.54, 1.807) is 7.11 Å². The van der Waals surface area contributed by atoms with Crippen molar-refractivity contribution in [3.05, 3.63) is 81.6 Å². The Balaban J connectivity index is 2.00. The number of furan rings is 1. The molecule has 0 fully saturated rings. The number of hydrogen-bond acceptors (Lipinski definition) is 2. The van der Waals surface area contributed by atoms with Crippen molar-refractivity contribution >= 4 is 22.6 Å². The lowest BCUT2D eigenvalue weighted by atomic mass is 10.1. The molecule has 0 aliphatic rings. The molecule has 0 bridgehead atoms. The summed E-state index contributed by atoms with van der Waals surface area (Å²) in [4.78, 5) is 0. The first-order valence-corrected chi connectivity index (χ1v) is 7.80. The first-order chi connectivity index (χ1) is 10.3. The molecule has 0 radical (unpaired) electrons. The summed E-state index contributed by atoms with van der Waals surface area (Å²) in [6.07, 6.45) is -0.183. The van der Waals surface area contributed by atoms with E-state index < -0.39 is 0 Å². The number of hydrogen-bond donors (Lipinski definition) is 0. The van der Waals surface area contributed by atoms with E-state index in [-0.39, 0.29) is 6.10 Å². The molecule has 0 aliphatic carbocycles. The Hall–Kier alpha value is -1.59. The van der Waals surface area contributed by atoms with E-state index >= 15 is 0 Å². The van der Waals surface area contributed by atoms with Gasteiger partial charge in [-0.15, -0.1) is 0 Å². The van der Waals surface area contributed by atoms with Gasteiger partial charge in [0.25, 0.3) is 0 Å². The lowest BCUT2D eigenvalue weighted by molar-refractivity contribution is 0.117. The summed E-state index contributed by atoms with van der Waals surface area (Å²) in [5, 5.41) is 0. The SMILES string of the molecule is COC(c1ccccc1)c1cc(I)c(-c2ccccc2)o1. The molecule has 2 nitrogen and oxygen atoms in total. The van der Waals surface area contributed by atoms with Crippen LogP contribution in [0.15, 0.2) is 71.1 Å². The van der Waals surface area contributed by atoms with Crippen molar-refractivity contribution in [1.82, 2.24) is 0 Å². The zero-order valence-corrected chi connectivity index (χ0v) is 13.8. The Kier molecular flexibility index (Phi) is 4.41. The fraction of sp³-hybridized carbons (Fsp3) is 0.111. The number of ether oxygens (including phenoxy) is 1. The third-order valence-corrected chi connectivity index (χ3v) is 4.14. The maximum absolute atomic E-state index is 6.08. The summed E-state index contributed by atoms with van der Waals surface area (Å²) in [6, 6.07) is 22.3. The summed E-state index contributed by atoms with van der Waals surface area (Å²) in [7, 11) is 1.70. The van der Waals surface area contributed by atoms with Crippen molar-refractivity contribution in [3.8, 4) is 11.3 Å². The van der Waals surface area contributed by atoms with Gasteiger partial charge in [-0.25, -0.2) is 0 Å². The lowest BCUT2D eigenvalue weighted by Crippen LogP contribution is -2.01. The molecule has 3 heteroatoms. The number of halogens is 1. The van der Waals surface area contributed by atoms with Crippen LogP contribution >= 0.6 is 22.6 Å². The molecule has 0 N–H and O–H groups in total. The molecule has 0 aliphatic heterocycles.